The third-order valence-electron chi connectivity index (χ3n) is 11.7. The van der Waals surface area contributed by atoms with Crippen LogP contribution in [0.1, 0.15) is 68.3 Å². The Hall–Kier alpha value is -5.38. The lowest BCUT2D eigenvalue weighted by molar-refractivity contribution is -0.141. The van der Waals surface area contributed by atoms with Gasteiger partial charge in [-0.1, -0.05) is 50.2 Å². The molecule has 2 aromatic carbocycles. The van der Waals surface area contributed by atoms with E-state index in [9.17, 15) is 19.8 Å². The third-order valence-corrected chi connectivity index (χ3v) is 12.6. The van der Waals surface area contributed by atoms with E-state index in [1.165, 1.54) is 4.90 Å². The number of para-hydroxylation sites is 1. The highest BCUT2D eigenvalue weighted by Crippen LogP contribution is 2.37. The highest BCUT2D eigenvalue weighted by atomic mass is 32.1. The summed E-state index contributed by atoms with van der Waals surface area (Å²) in [5.41, 5.74) is 8.22. The lowest BCUT2D eigenvalue weighted by Crippen LogP contribution is -2.55. The summed E-state index contributed by atoms with van der Waals surface area (Å²) >= 11 is 1.59. The van der Waals surface area contributed by atoms with E-state index in [1.807, 2.05) is 75.7 Å². The van der Waals surface area contributed by atoms with Crippen LogP contribution in [0.3, 0.4) is 0 Å². The Morgan fingerprint density at radius 2 is 1.86 bits per heavy atom. The molecule has 5 atom stereocenters. The van der Waals surface area contributed by atoms with Gasteiger partial charge in [0.05, 0.1) is 45.3 Å². The van der Waals surface area contributed by atoms with E-state index in [2.05, 4.69) is 35.5 Å². The molecule has 8 rings (SSSR count). The van der Waals surface area contributed by atoms with Gasteiger partial charge >= 0.3 is 0 Å². The number of carbonyl (C=O) groups is 2. The fourth-order valence-electron chi connectivity index (χ4n) is 8.53. The van der Waals surface area contributed by atoms with Crippen LogP contribution in [0.2, 0.25) is 0 Å². The quantitative estimate of drug-likeness (QED) is 0.148. The molecule has 58 heavy (non-hydrogen) atoms. The van der Waals surface area contributed by atoms with Crippen molar-refractivity contribution in [2.45, 2.75) is 77.1 Å². The number of hydrogen-bond acceptors (Lipinski definition) is 13. The number of likely N-dealkylation sites (tertiary alicyclic amines) is 1. The van der Waals surface area contributed by atoms with Crippen molar-refractivity contribution in [1.82, 2.24) is 35.5 Å². The number of phenolic OH excluding ortho intramolecular Hbond substituents is 1. The number of hydrogen-bond donors (Lipinski definition) is 3. The standard InChI is InChI=1S/C43H50N8O6S/c1-25(2)40(43(55)51-23-31(52)19-36(51)42(54)45-26(3)28-9-11-29(12-10-28)41-27(4)44-24-58-41)38-21-39(48-57-38)56-18-17-49-15-16-50-30(22-49)13-14-33-35(50)20-34(47-46-33)32-7-5-6-8-37(32)53/h5-12,20-21,24-26,30-31,36,40,52-53H,13-19,22-23H2,1-4H3,(H,45,54)/t26-,30+,31+,36-,40+/m0/s1. The molecule has 15 heteroatoms. The van der Waals surface area contributed by atoms with Gasteiger partial charge in [-0.3, -0.25) is 14.5 Å². The number of aromatic hydroxyl groups is 1. The number of aliphatic hydroxyl groups is 1. The molecule has 0 unspecified atom stereocenters. The van der Waals surface area contributed by atoms with E-state index in [-0.39, 0.29) is 42.5 Å². The van der Waals surface area contributed by atoms with E-state index in [1.54, 1.807) is 29.5 Å². The second kappa shape index (κ2) is 16.8. The zero-order valence-electron chi connectivity index (χ0n) is 33.2. The Labute approximate surface area is 341 Å². The number of carbonyl (C=O) groups excluding carboxylic acids is 2. The molecule has 2 saturated heterocycles. The molecule has 0 aliphatic carbocycles. The number of nitrogens with one attached hydrogen (secondary N) is 1. The molecule has 304 valence electrons. The van der Waals surface area contributed by atoms with Gasteiger partial charge in [0.1, 0.15) is 24.3 Å². The number of fused-ring (bicyclic) bond motifs is 3. The Kier molecular flexibility index (Phi) is 11.5. The van der Waals surface area contributed by atoms with E-state index < -0.39 is 18.1 Å². The third kappa shape index (κ3) is 8.16. The maximum atomic E-state index is 14.2. The molecule has 0 spiro atoms. The number of nitrogens with zero attached hydrogens (tertiary/aromatic N) is 7. The van der Waals surface area contributed by atoms with Crippen LogP contribution >= 0.6 is 11.3 Å². The molecule has 0 saturated carbocycles. The number of amides is 2. The first kappa shape index (κ1) is 39.4. The summed E-state index contributed by atoms with van der Waals surface area (Å²) in [6, 6.07) is 18.1. The number of aryl methyl sites for hydroxylation is 2. The summed E-state index contributed by atoms with van der Waals surface area (Å²) in [6.45, 7) is 11.4. The number of rotatable bonds is 12. The Bertz CT molecular complexity index is 2240. The van der Waals surface area contributed by atoms with E-state index >= 15 is 0 Å². The average Bonchev–Trinajstić information content (AvgIpc) is 3.97. The number of anilines is 1. The summed E-state index contributed by atoms with van der Waals surface area (Å²) in [5, 5.41) is 37.2. The summed E-state index contributed by atoms with van der Waals surface area (Å²) in [6.07, 6.45) is 1.15. The second-order valence-corrected chi connectivity index (χ2v) is 16.8. The van der Waals surface area contributed by atoms with Gasteiger partial charge in [0.15, 0.2) is 5.76 Å². The van der Waals surface area contributed by atoms with Crippen LogP contribution < -0.4 is 15.0 Å². The average molecular weight is 807 g/mol. The zero-order valence-corrected chi connectivity index (χ0v) is 34.1. The minimum Gasteiger partial charge on any atom is -0.507 e. The molecule has 3 aliphatic rings. The molecular weight excluding hydrogens is 757 g/mol. The normalized spacial score (nSPS) is 20.4. The molecule has 0 bridgehead atoms. The summed E-state index contributed by atoms with van der Waals surface area (Å²) in [4.78, 5) is 39.6. The fourth-order valence-corrected chi connectivity index (χ4v) is 9.34. The highest BCUT2D eigenvalue weighted by molar-refractivity contribution is 7.13. The smallest absolute Gasteiger partial charge is 0.254 e. The predicted octanol–water partition coefficient (Wildman–Crippen LogP) is 5.36. The van der Waals surface area contributed by atoms with Crippen molar-refractivity contribution in [2.24, 2.45) is 5.92 Å². The van der Waals surface area contributed by atoms with Crippen molar-refractivity contribution in [1.29, 1.82) is 0 Å². The van der Waals surface area contributed by atoms with Gasteiger partial charge in [-0.15, -0.1) is 16.4 Å². The summed E-state index contributed by atoms with van der Waals surface area (Å²) in [5.74, 6) is -0.650. The fraction of sp³-hybridized carbons (Fsp3) is 0.442. The van der Waals surface area contributed by atoms with Gasteiger partial charge in [0.2, 0.25) is 11.8 Å². The monoisotopic (exact) mass is 806 g/mol. The van der Waals surface area contributed by atoms with E-state index in [4.69, 9.17) is 9.26 Å². The number of aromatic nitrogens is 4. The molecule has 3 aliphatic heterocycles. The Balaban J connectivity index is 0.855. The van der Waals surface area contributed by atoms with Crippen LogP contribution in [0.4, 0.5) is 5.69 Å². The van der Waals surface area contributed by atoms with Crippen LogP contribution in [0, 0.1) is 12.8 Å². The van der Waals surface area contributed by atoms with Crippen molar-refractivity contribution in [3.63, 3.8) is 0 Å². The Morgan fingerprint density at radius 3 is 2.62 bits per heavy atom. The number of aliphatic hydroxyl groups excluding tert-OH is 1. The minimum absolute atomic E-state index is 0.0555. The maximum Gasteiger partial charge on any atom is 0.254 e. The van der Waals surface area contributed by atoms with Crippen LogP contribution in [0.5, 0.6) is 11.6 Å². The molecule has 3 N–H and O–H groups in total. The van der Waals surface area contributed by atoms with Gasteiger partial charge in [0, 0.05) is 56.8 Å². The van der Waals surface area contributed by atoms with Crippen LogP contribution in [-0.4, -0.2) is 110 Å². The lowest BCUT2D eigenvalue weighted by atomic mass is 9.91. The van der Waals surface area contributed by atoms with E-state index in [0.717, 1.165) is 65.6 Å². The van der Waals surface area contributed by atoms with Crippen LogP contribution in [0.15, 0.2) is 70.7 Å². The van der Waals surface area contributed by atoms with Gasteiger partial charge in [-0.2, -0.15) is 5.10 Å². The number of β-amino-alcohol motifs (C(OH)–C–C–N with tert-alkyl or cyclic N) is 1. The molecule has 14 nitrogen and oxygen atoms in total. The second-order valence-electron chi connectivity index (χ2n) is 15.9. The molecule has 0 radical (unpaired) electrons. The van der Waals surface area contributed by atoms with Gasteiger partial charge in [-0.25, -0.2) is 4.98 Å². The molecule has 2 amide bonds. The first-order chi connectivity index (χ1) is 28.0. The van der Waals surface area contributed by atoms with Crippen molar-refractivity contribution >= 4 is 28.8 Å². The van der Waals surface area contributed by atoms with Gasteiger partial charge in [0.25, 0.3) is 5.88 Å². The van der Waals surface area contributed by atoms with Crippen molar-refractivity contribution in [3.8, 4) is 33.3 Å². The molecule has 5 aromatic rings. The van der Waals surface area contributed by atoms with Crippen molar-refractivity contribution in [2.75, 3.05) is 44.2 Å². The number of benzene rings is 2. The summed E-state index contributed by atoms with van der Waals surface area (Å²) in [7, 11) is 0. The number of thiazole rings is 1. The molecule has 6 heterocycles. The minimum atomic E-state index is -0.825. The van der Waals surface area contributed by atoms with E-state index in [0.29, 0.717) is 42.1 Å². The number of phenols is 1. The predicted molar refractivity (Wildman–Crippen MR) is 220 cm³/mol. The van der Waals surface area contributed by atoms with Crippen molar-refractivity contribution in [3.05, 3.63) is 88.9 Å². The number of piperazine rings is 1. The first-order valence-electron chi connectivity index (χ1n) is 20.1. The van der Waals surface area contributed by atoms with Gasteiger partial charge < -0.3 is 34.6 Å². The Morgan fingerprint density at radius 1 is 1.05 bits per heavy atom. The lowest BCUT2D eigenvalue weighted by Gasteiger charge is -2.45. The SMILES string of the molecule is Cc1ncsc1-c1ccc([C@H](C)NC(=O)[C@@H]2C[C@@H](O)CN2C(=O)[C@@H](c2cc(OCCN3CCN4c5cc(-c6ccccc6O)nnc5CC[C@@H]4C3)no2)C(C)C)cc1. The van der Waals surface area contributed by atoms with Crippen LogP contribution in [0.25, 0.3) is 21.7 Å². The van der Waals surface area contributed by atoms with Gasteiger partial charge in [-0.05, 0) is 67.1 Å². The summed E-state index contributed by atoms with van der Waals surface area (Å²) < 4.78 is 11.8. The largest absolute Gasteiger partial charge is 0.507 e. The topological polar surface area (TPSA) is 170 Å². The zero-order chi connectivity index (χ0) is 40.5. The highest BCUT2D eigenvalue weighted by Gasteiger charge is 2.43. The maximum absolute atomic E-state index is 14.2. The first-order valence-corrected chi connectivity index (χ1v) is 20.9. The van der Waals surface area contributed by atoms with Crippen LogP contribution in [-0.2, 0) is 16.0 Å². The number of ether oxygens (including phenoxy) is 1. The van der Waals surface area contributed by atoms with Crippen molar-refractivity contribution < 1.29 is 29.1 Å². The molecule has 2 fully saturated rings. The molecule has 3 aromatic heterocycles. The molecular formula is C43H50N8O6S.